The van der Waals surface area contributed by atoms with Crippen molar-refractivity contribution in [1.82, 2.24) is 0 Å². The van der Waals surface area contributed by atoms with Gasteiger partial charge in [0.1, 0.15) is 0 Å². The zero-order valence-electron chi connectivity index (χ0n) is 22.4. The Kier molecular flexibility index (Phi) is 4.99. The molecular weight excluding hydrogens is 444 g/mol. The van der Waals surface area contributed by atoms with Crippen LogP contribution in [-0.4, -0.2) is 0 Å². The molecule has 2 aliphatic carbocycles. The van der Waals surface area contributed by atoms with Crippen LogP contribution in [-0.2, 0) is 5.41 Å². The lowest BCUT2D eigenvalue weighted by atomic mass is 9.73. The molecule has 0 saturated heterocycles. The first-order chi connectivity index (χ1) is 17.9. The zero-order chi connectivity index (χ0) is 25.3. The topological polar surface area (TPSA) is 0 Å². The molecule has 0 radical (unpaired) electrons. The predicted octanol–water partition coefficient (Wildman–Crippen LogP) is 10.4. The Morgan fingerprint density at radius 3 is 2.00 bits per heavy atom. The Hall–Kier alpha value is -3.64. The predicted molar refractivity (Wildman–Crippen MR) is 158 cm³/mol. The van der Waals surface area contributed by atoms with E-state index in [0.717, 1.165) is 0 Å². The minimum absolute atomic E-state index is 0.0280. The summed E-state index contributed by atoms with van der Waals surface area (Å²) in [5.74, 6) is 0.630. The third kappa shape index (κ3) is 3.28. The van der Waals surface area contributed by atoms with Crippen molar-refractivity contribution in [2.45, 2.75) is 58.3 Å². The molecule has 37 heavy (non-hydrogen) atoms. The highest BCUT2D eigenvalue weighted by Gasteiger charge is 2.37. The lowest BCUT2D eigenvalue weighted by molar-refractivity contribution is 0.421. The molecule has 0 nitrogen and oxygen atoms in total. The van der Waals surface area contributed by atoms with Gasteiger partial charge in [-0.25, -0.2) is 0 Å². The molecule has 1 fully saturated rings. The smallest absolute Gasteiger partial charge is 0.0159 e. The quantitative estimate of drug-likeness (QED) is 0.242. The summed E-state index contributed by atoms with van der Waals surface area (Å²) in [6.45, 7) is 9.28. The van der Waals surface area contributed by atoms with Gasteiger partial charge in [0.05, 0.1) is 0 Å². The highest BCUT2D eigenvalue weighted by atomic mass is 14.4. The van der Waals surface area contributed by atoms with Crippen LogP contribution in [0.2, 0.25) is 0 Å². The normalized spacial score (nSPS) is 15.9. The van der Waals surface area contributed by atoms with Gasteiger partial charge < -0.3 is 0 Å². The van der Waals surface area contributed by atoms with Gasteiger partial charge in [0.25, 0.3) is 0 Å². The van der Waals surface area contributed by atoms with Crippen LogP contribution in [0.15, 0.2) is 91.0 Å². The summed E-state index contributed by atoms with van der Waals surface area (Å²) in [4.78, 5) is 0. The molecule has 0 aliphatic heterocycles. The summed E-state index contributed by atoms with van der Waals surface area (Å²) in [6, 6.07) is 34.6. The molecule has 5 aromatic carbocycles. The minimum Gasteiger partial charge on any atom is -0.0620 e. The molecule has 0 heteroatoms. The van der Waals surface area contributed by atoms with Gasteiger partial charge >= 0.3 is 0 Å². The minimum atomic E-state index is -0.0280. The Morgan fingerprint density at radius 2 is 1.27 bits per heavy atom. The molecule has 0 spiro atoms. The largest absolute Gasteiger partial charge is 0.0620 e. The van der Waals surface area contributed by atoms with Crippen LogP contribution in [0, 0.1) is 13.8 Å². The Morgan fingerprint density at radius 1 is 0.595 bits per heavy atom. The number of hydrogen-bond donors (Lipinski definition) is 0. The molecule has 1 saturated carbocycles. The average molecular weight is 479 g/mol. The first-order valence-corrected chi connectivity index (χ1v) is 13.8. The fourth-order valence-electron chi connectivity index (χ4n) is 6.97. The van der Waals surface area contributed by atoms with Crippen LogP contribution in [0.25, 0.3) is 44.2 Å². The van der Waals surface area contributed by atoms with E-state index in [1.807, 2.05) is 0 Å². The van der Waals surface area contributed by atoms with Gasteiger partial charge in [0.15, 0.2) is 0 Å². The van der Waals surface area contributed by atoms with Gasteiger partial charge in [0.2, 0.25) is 0 Å². The second-order valence-corrected chi connectivity index (χ2v) is 11.8. The molecular formula is C37H34. The van der Waals surface area contributed by atoms with Crippen molar-refractivity contribution in [2.75, 3.05) is 0 Å². The molecule has 0 heterocycles. The van der Waals surface area contributed by atoms with E-state index in [2.05, 4.69) is 119 Å². The molecule has 5 aromatic rings. The molecule has 2 aliphatic rings. The van der Waals surface area contributed by atoms with E-state index in [4.69, 9.17) is 0 Å². The number of benzene rings is 5. The maximum absolute atomic E-state index is 2.55. The second kappa shape index (κ2) is 8.18. The third-order valence-electron chi connectivity index (χ3n) is 9.18. The van der Waals surface area contributed by atoms with E-state index in [9.17, 15) is 0 Å². The van der Waals surface area contributed by atoms with Gasteiger partial charge in [-0.05, 0) is 105 Å². The first-order valence-electron chi connectivity index (χ1n) is 13.8. The molecule has 0 amide bonds. The van der Waals surface area contributed by atoms with Crippen molar-refractivity contribution >= 4 is 10.8 Å². The van der Waals surface area contributed by atoms with E-state index in [0.29, 0.717) is 5.92 Å². The van der Waals surface area contributed by atoms with Crippen molar-refractivity contribution < 1.29 is 0 Å². The molecule has 0 unspecified atom stereocenters. The number of hydrogen-bond acceptors (Lipinski definition) is 0. The molecule has 0 aromatic heterocycles. The summed E-state index contributed by atoms with van der Waals surface area (Å²) in [5, 5.41) is 2.75. The van der Waals surface area contributed by atoms with E-state index >= 15 is 0 Å². The molecule has 0 N–H and O–H groups in total. The number of aryl methyl sites for hydroxylation is 2. The summed E-state index contributed by atoms with van der Waals surface area (Å²) in [5.41, 5.74) is 15.6. The standard InChI is InChI=1S/C37H34/c1-23-19-20-31-33(21-23)37(3,4)34-22-32(27-15-7-8-16-29(27)36(31)34)30-18-10-17-28(35(30)25-12-9-13-25)26-14-6-5-11-24(26)2/h5-8,10-11,14-22,25H,9,12-13H2,1-4H3. The Balaban J connectivity index is 1.56. The van der Waals surface area contributed by atoms with Crippen molar-refractivity contribution in [1.29, 1.82) is 0 Å². The summed E-state index contributed by atoms with van der Waals surface area (Å²) >= 11 is 0. The van der Waals surface area contributed by atoms with Gasteiger partial charge in [-0.1, -0.05) is 111 Å². The SMILES string of the molecule is Cc1ccc2c(c1)C(C)(C)c1cc(-c3cccc(-c4ccccc4C)c3C3CCC3)c3ccccc3c1-2. The molecule has 0 bridgehead atoms. The molecule has 0 atom stereocenters. The van der Waals surface area contributed by atoms with E-state index in [1.165, 1.54) is 85.7 Å². The van der Waals surface area contributed by atoms with E-state index in [1.54, 1.807) is 5.56 Å². The van der Waals surface area contributed by atoms with E-state index < -0.39 is 0 Å². The highest BCUT2D eigenvalue weighted by Crippen LogP contribution is 2.55. The van der Waals surface area contributed by atoms with Crippen molar-refractivity contribution in [3.05, 3.63) is 119 Å². The number of rotatable bonds is 3. The van der Waals surface area contributed by atoms with Crippen LogP contribution < -0.4 is 0 Å². The third-order valence-corrected chi connectivity index (χ3v) is 9.18. The molecule has 7 rings (SSSR count). The van der Waals surface area contributed by atoms with Gasteiger partial charge in [-0.15, -0.1) is 0 Å². The van der Waals surface area contributed by atoms with Crippen molar-refractivity contribution in [3.63, 3.8) is 0 Å². The lowest BCUT2D eigenvalue weighted by Gasteiger charge is -2.31. The fraction of sp³-hybridized carbons (Fsp3) is 0.243. The Bertz CT molecular complexity index is 1690. The van der Waals surface area contributed by atoms with Crippen LogP contribution in [0.4, 0.5) is 0 Å². The summed E-state index contributed by atoms with van der Waals surface area (Å²) < 4.78 is 0. The van der Waals surface area contributed by atoms with Crippen molar-refractivity contribution in [2.24, 2.45) is 0 Å². The van der Waals surface area contributed by atoms with Gasteiger partial charge in [-0.3, -0.25) is 0 Å². The van der Waals surface area contributed by atoms with Crippen LogP contribution in [0.3, 0.4) is 0 Å². The highest BCUT2D eigenvalue weighted by molar-refractivity contribution is 6.09. The van der Waals surface area contributed by atoms with Gasteiger partial charge in [0, 0.05) is 5.41 Å². The summed E-state index contributed by atoms with van der Waals surface area (Å²) in [6.07, 6.45) is 3.91. The first kappa shape index (κ1) is 22.5. The van der Waals surface area contributed by atoms with E-state index in [-0.39, 0.29) is 5.41 Å². The lowest BCUT2D eigenvalue weighted by Crippen LogP contribution is -2.15. The molecule has 182 valence electrons. The van der Waals surface area contributed by atoms with Crippen LogP contribution in [0.5, 0.6) is 0 Å². The van der Waals surface area contributed by atoms with Gasteiger partial charge in [-0.2, -0.15) is 0 Å². The second-order valence-electron chi connectivity index (χ2n) is 11.8. The Labute approximate surface area is 221 Å². The average Bonchev–Trinajstić information content (AvgIpc) is 3.09. The summed E-state index contributed by atoms with van der Waals surface area (Å²) in [7, 11) is 0. The monoisotopic (exact) mass is 478 g/mol. The maximum atomic E-state index is 2.55. The zero-order valence-corrected chi connectivity index (χ0v) is 22.4. The van der Waals surface area contributed by atoms with Crippen molar-refractivity contribution in [3.8, 4) is 33.4 Å². The van der Waals surface area contributed by atoms with Crippen LogP contribution >= 0.6 is 0 Å². The van der Waals surface area contributed by atoms with Crippen LogP contribution in [0.1, 0.15) is 66.8 Å². The number of fused-ring (bicyclic) bond motifs is 5. The maximum Gasteiger partial charge on any atom is 0.0159 e. The fourth-order valence-corrected chi connectivity index (χ4v) is 6.97.